The Bertz CT molecular complexity index is 471. The van der Waals surface area contributed by atoms with E-state index in [0.717, 1.165) is 0 Å². The van der Waals surface area contributed by atoms with Crippen LogP contribution >= 0.6 is 0 Å². The third-order valence-corrected chi connectivity index (χ3v) is 3.27. The highest BCUT2D eigenvalue weighted by atomic mass is 16.4. The molecule has 0 fully saturated rings. The molecule has 3 atom stereocenters. The largest absolute Gasteiger partial charge is 0.480 e. The Morgan fingerprint density at radius 1 is 1.04 bits per heavy atom. The zero-order valence-corrected chi connectivity index (χ0v) is 14.2. The summed E-state index contributed by atoms with van der Waals surface area (Å²) in [4.78, 5) is 46.1. The average Bonchev–Trinajstić information content (AvgIpc) is 2.55. The molecule has 0 saturated heterocycles. The van der Waals surface area contributed by atoms with Gasteiger partial charge in [0.25, 0.3) is 0 Å². The van der Waals surface area contributed by atoms with Gasteiger partial charge < -0.3 is 37.6 Å². The van der Waals surface area contributed by atoms with Crippen LogP contribution in [0.2, 0.25) is 0 Å². The minimum Gasteiger partial charge on any atom is -0.480 e. The van der Waals surface area contributed by atoms with E-state index in [0.29, 0.717) is 25.8 Å². The number of aliphatic carboxylic acids is 1. The van der Waals surface area contributed by atoms with Crippen LogP contribution in [-0.4, -0.2) is 71.7 Å². The van der Waals surface area contributed by atoms with Crippen molar-refractivity contribution in [2.45, 2.75) is 44.4 Å². The van der Waals surface area contributed by atoms with Crippen LogP contribution in [0.4, 0.5) is 0 Å². The Balaban J connectivity index is 4.58. The molecule has 11 heteroatoms. The summed E-state index contributed by atoms with van der Waals surface area (Å²) in [6, 6.07) is -2.36. The molecule has 11 nitrogen and oxygen atoms in total. The van der Waals surface area contributed by atoms with Crippen molar-refractivity contribution in [1.82, 2.24) is 16.0 Å². The van der Waals surface area contributed by atoms with Crippen molar-refractivity contribution in [2.75, 3.05) is 19.6 Å². The lowest BCUT2D eigenvalue weighted by molar-refractivity contribution is -0.144. The number of nitrogens with one attached hydrogen (secondary N) is 3. The summed E-state index contributed by atoms with van der Waals surface area (Å²) in [7, 11) is 0. The highest BCUT2D eigenvalue weighted by Gasteiger charge is 2.26. The van der Waals surface area contributed by atoms with E-state index < -0.39 is 48.4 Å². The fourth-order valence-electron chi connectivity index (χ4n) is 1.92. The quantitative estimate of drug-likeness (QED) is 0.175. The molecular formula is C14H27N5O6. The van der Waals surface area contributed by atoms with Crippen molar-refractivity contribution < 1.29 is 29.4 Å². The fraction of sp³-hybridized carbons (Fsp3) is 0.714. The van der Waals surface area contributed by atoms with E-state index in [4.69, 9.17) is 16.6 Å². The van der Waals surface area contributed by atoms with E-state index in [1.54, 1.807) is 0 Å². The minimum absolute atomic E-state index is 0.282. The predicted octanol–water partition coefficient (Wildman–Crippen LogP) is -3.37. The number of rotatable bonds is 12. The molecule has 3 amide bonds. The molecule has 25 heavy (non-hydrogen) atoms. The Morgan fingerprint density at radius 2 is 1.68 bits per heavy atom. The Morgan fingerprint density at radius 3 is 2.16 bits per heavy atom. The first-order valence-corrected chi connectivity index (χ1v) is 7.90. The van der Waals surface area contributed by atoms with Crippen LogP contribution in [0.25, 0.3) is 0 Å². The third-order valence-electron chi connectivity index (χ3n) is 3.27. The van der Waals surface area contributed by atoms with Crippen LogP contribution in [0.1, 0.15) is 26.2 Å². The molecule has 0 bridgehead atoms. The first-order valence-electron chi connectivity index (χ1n) is 7.90. The van der Waals surface area contributed by atoms with Gasteiger partial charge in [-0.15, -0.1) is 0 Å². The maximum Gasteiger partial charge on any atom is 0.328 e. The van der Waals surface area contributed by atoms with Crippen LogP contribution in [0.15, 0.2) is 0 Å². The summed E-state index contributed by atoms with van der Waals surface area (Å²) >= 11 is 0. The number of carbonyl (C=O) groups excluding carboxylic acids is 3. The molecule has 9 N–H and O–H groups in total. The van der Waals surface area contributed by atoms with Gasteiger partial charge in [0, 0.05) is 0 Å². The van der Waals surface area contributed by atoms with E-state index in [9.17, 15) is 24.3 Å². The SMILES string of the molecule is CC(O)C(NC(=O)CNC(=O)C(CCCCN)NC(=O)CN)C(=O)O. The number of aliphatic hydroxyl groups excluding tert-OH is 1. The van der Waals surface area contributed by atoms with Crippen molar-refractivity contribution in [3.8, 4) is 0 Å². The predicted molar refractivity (Wildman–Crippen MR) is 88.1 cm³/mol. The van der Waals surface area contributed by atoms with Gasteiger partial charge >= 0.3 is 5.97 Å². The number of carboxylic acid groups (broad SMARTS) is 1. The lowest BCUT2D eigenvalue weighted by atomic mass is 10.1. The average molecular weight is 361 g/mol. The highest BCUT2D eigenvalue weighted by Crippen LogP contribution is 2.01. The van der Waals surface area contributed by atoms with Crippen molar-refractivity contribution >= 4 is 23.7 Å². The summed E-state index contributed by atoms with van der Waals surface area (Å²) in [5.74, 6) is -3.30. The monoisotopic (exact) mass is 361 g/mol. The first-order chi connectivity index (χ1) is 11.7. The lowest BCUT2D eigenvalue weighted by Gasteiger charge is -2.19. The molecule has 0 aliphatic heterocycles. The maximum atomic E-state index is 12.1. The summed E-state index contributed by atoms with van der Waals surface area (Å²) in [6.45, 7) is 0.877. The van der Waals surface area contributed by atoms with Gasteiger partial charge in [-0.2, -0.15) is 0 Å². The molecule has 0 heterocycles. The highest BCUT2D eigenvalue weighted by molar-refractivity contribution is 5.91. The van der Waals surface area contributed by atoms with Crippen LogP contribution in [0.3, 0.4) is 0 Å². The molecule has 0 aromatic rings. The second-order valence-corrected chi connectivity index (χ2v) is 5.45. The number of carboxylic acids is 1. The van der Waals surface area contributed by atoms with Crippen LogP contribution < -0.4 is 27.4 Å². The van der Waals surface area contributed by atoms with Gasteiger partial charge in [-0.05, 0) is 32.7 Å². The Hall–Kier alpha value is -2.24. The number of nitrogens with two attached hydrogens (primary N) is 2. The third kappa shape index (κ3) is 9.59. The van der Waals surface area contributed by atoms with E-state index in [1.807, 2.05) is 0 Å². The first kappa shape index (κ1) is 22.8. The van der Waals surface area contributed by atoms with Crippen molar-refractivity contribution in [1.29, 1.82) is 0 Å². The molecule has 144 valence electrons. The van der Waals surface area contributed by atoms with Crippen LogP contribution in [-0.2, 0) is 19.2 Å². The Labute approximate surface area is 145 Å². The normalized spacial score (nSPS) is 14.1. The van der Waals surface area contributed by atoms with Gasteiger partial charge in [-0.25, -0.2) is 4.79 Å². The fourth-order valence-corrected chi connectivity index (χ4v) is 1.92. The van der Waals surface area contributed by atoms with E-state index in [-0.39, 0.29) is 6.54 Å². The smallest absolute Gasteiger partial charge is 0.328 e. The van der Waals surface area contributed by atoms with Gasteiger partial charge in [0.15, 0.2) is 6.04 Å². The van der Waals surface area contributed by atoms with Crippen LogP contribution in [0.5, 0.6) is 0 Å². The number of hydrogen-bond donors (Lipinski definition) is 7. The number of unbranched alkanes of at least 4 members (excludes halogenated alkanes) is 1. The van der Waals surface area contributed by atoms with Gasteiger partial charge in [0.1, 0.15) is 6.04 Å². The standard InChI is InChI=1S/C14H27N5O6/c1-8(20)12(14(24)25)19-11(22)7-17-13(23)9(4-2-3-5-15)18-10(21)6-16/h8-9,12,20H,2-7,15-16H2,1H3,(H,17,23)(H,18,21)(H,19,22)(H,24,25). The van der Waals surface area contributed by atoms with E-state index >= 15 is 0 Å². The molecule has 0 radical (unpaired) electrons. The second-order valence-electron chi connectivity index (χ2n) is 5.45. The van der Waals surface area contributed by atoms with Gasteiger partial charge in [-0.1, -0.05) is 0 Å². The summed E-state index contributed by atoms with van der Waals surface area (Å²) in [5.41, 5.74) is 10.6. The van der Waals surface area contributed by atoms with Crippen molar-refractivity contribution in [2.24, 2.45) is 11.5 Å². The summed E-state index contributed by atoms with van der Waals surface area (Å²) in [6.07, 6.45) is 0.276. The summed E-state index contributed by atoms with van der Waals surface area (Å²) in [5, 5.41) is 25.0. The molecule has 0 aromatic heterocycles. The molecular weight excluding hydrogens is 334 g/mol. The zero-order valence-electron chi connectivity index (χ0n) is 14.2. The maximum absolute atomic E-state index is 12.1. The van der Waals surface area contributed by atoms with Gasteiger partial charge in [-0.3, -0.25) is 14.4 Å². The summed E-state index contributed by atoms with van der Waals surface area (Å²) < 4.78 is 0. The molecule has 0 aliphatic carbocycles. The molecule has 0 aliphatic rings. The number of aliphatic hydroxyl groups is 1. The molecule has 0 rings (SSSR count). The number of hydrogen-bond acceptors (Lipinski definition) is 7. The second kappa shape index (κ2) is 12.2. The van der Waals surface area contributed by atoms with Gasteiger partial charge in [0.05, 0.1) is 19.2 Å². The minimum atomic E-state index is -1.48. The Kier molecular flexibility index (Phi) is 11.1. The van der Waals surface area contributed by atoms with E-state index in [1.165, 1.54) is 6.92 Å². The van der Waals surface area contributed by atoms with Crippen molar-refractivity contribution in [3.05, 3.63) is 0 Å². The molecule has 0 aromatic carbocycles. The zero-order chi connectivity index (χ0) is 19.4. The number of amides is 3. The number of carbonyl (C=O) groups is 4. The van der Waals surface area contributed by atoms with E-state index in [2.05, 4.69) is 16.0 Å². The van der Waals surface area contributed by atoms with Crippen LogP contribution in [0, 0.1) is 0 Å². The molecule has 3 unspecified atom stereocenters. The lowest BCUT2D eigenvalue weighted by Crippen LogP contribution is -2.53. The molecule has 0 spiro atoms. The van der Waals surface area contributed by atoms with Crippen molar-refractivity contribution in [3.63, 3.8) is 0 Å². The van der Waals surface area contributed by atoms with Gasteiger partial charge in [0.2, 0.25) is 17.7 Å². The molecule has 0 saturated carbocycles. The topological polar surface area (TPSA) is 197 Å².